The van der Waals surface area contributed by atoms with Gasteiger partial charge < -0.3 is 0 Å². The molecule has 0 bridgehead atoms. The van der Waals surface area contributed by atoms with Crippen LogP contribution in [0, 0.1) is 6.92 Å². The molecule has 6 aromatic rings. The molecular weight excluding hydrogens is 424 g/mol. The Morgan fingerprint density at radius 1 is 0.867 bits per heavy atom. The van der Waals surface area contributed by atoms with E-state index >= 15 is 0 Å². The van der Waals surface area contributed by atoms with Gasteiger partial charge in [-0.3, -0.25) is 0 Å². The van der Waals surface area contributed by atoms with Crippen LogP contribution < -0.4 is 0 Å². The number of thiophene rings is 3. The molecule has 0 N–H and O–H groups in total. The topological polar surface area (TPSA) is 25.8 Å². The number of aromatic nitrogens is 2. The van der Waals surface area contributed by atoms with Gasteiger partial charge in [0.1, 0.15) is 11.2 Å². The van der Waals surface area contributed by atoms with E-state index in [9.17, 15) is 0 Å². The monoisotopic (exact) mass is 444 g/mol. The van der Waals surface area contributed by atoms with Gasteiger partial charge in [0.05, 0.1) is 5.69 Å². The Kier molecular flexibility index (Phi) is 3.89. The summed E-state index contributed by atoms with van der Waals surface area (Å²) >= 11 is 5.45. The fourth-order valence-corrected chi connectivity index (χ4v) is 7.43. The summed E-state index contributed by atoms with van der Waals surface area (Å²) in [5.41, 5.74) is 3.68. The van der Waals surface area contributed by atoms with Crippen molar-refractivity contribution >= 4 is 74.5 Å². The summed E-state index contributed by atoms with van der Waals surface area (Å²) < 4.78 is 3.99. The summed E-state index contributed by atoms with van der Waals surface area (Å²) in [4.78, 5) is 11.9. The molecule has 30 heavy (non-hydrogen) atoms. The van der Waals surface area contributed by atoms with E-state index in [2.05, 4.69) is 74.5 Å². The van der Waals surface area contributed by atoms with Crippen molar-refractivity contribution in [1.29, 1.82) is 0 Å². The van der Waals surface area contributed by atoms with Crippen LogP contribution in [0.2, 0.25) is 0 Å². The van der Waals surface area contributed by atoms with Crippen LogP contribution in [-0.2, 0) is 5.41 Å². The SMILES string of the molecule is Cc1cc2c(ccc3sc4ncnc(-c5cc(C(C)(C)C)c6sccc6c5)c4c32)s1. The van der Waals surface area contributed by atoms with Crippen LogP contribution in [0.3, 0.4) is 0 Å². The van der Waals surface area contributed by atoms with E-state index in [1.165, 1.54) is 51.6 Å². The highest BCUT2D eigenvalue weighted by Gasteiger charge is 2.22. The molecule has 0 atom stereocenters. The first-order valence-corrected chi connectivity index (χ1v) is 12.5. The van der Waals surface area contributed by atoms with Crippen LogP contribution >= 0.6 is 34.0 Å². The van der Waals surface area contributed by atoms with E-state index in [1.54, 1.807) is 17.7 Å². The molecule has 2 aromatic carbocycles. The number of fused-ring (bicyclic) bond motifs is 6. The average Bonchev–Trinajstić information content (AvgIpc) is 3.40. The van der Waals surface area contributed by atoms with E-state index in [0.717, 1.165) is 10.5 Å². The molecule has 5 heteroatoms. The summed E-state index contributed by atoms with van der Waals surface area (Å²) in [5.74, 6) is 0. The van der Waals surface area contributed by atoms with Gasteiger partial charge in [-0.1, -0.05) is 20.8 Å². The first-order chi connectivity index (χ1) is 14.4. The van der Waals surface area contributed by atoms with Gasteiger partial charge in [0.2, 0.25) is 0 Å². The molecule has 0 aliphatic rings. The second kappa shape index (κ2) is 6.33. The van der Waals surface area contributed by atoms with E-state index in [4.69, 9.17) is 4.98 Å². The van der Waals surface area contributed by atoms with Crippen molar-refractivity contribution in [2.24, 2.45) is 0 Å². The molecule has 0 unspecified atom stereocenters. The zero-order valence-corrected chi connectivity index (χ0v) is 19.7. The first-order valence-electron chi connectivity index (χ1n) is 9.98. The lowest BCUT2D eigenvalue weighted by atomic mass is 9.85. The molecule has 0 aliphatic carbocycles. The minimum atomic E-state index is 0.0692. The Morgan fingerprint density at radius 3 is 2.53 bits per heavy atom. The van der Waals surface area contributed by atoms with Crippen LogP contribution in [-0.4, -0.2) is 9.97 Å². The lowest BCUT2D eigenvalue weighted by Gasteiger charge is -2.21. The van der Waals surface area contributed by atoms with Gasteiger partial charge in [0.15, 0.2) is 0 Å². The van der Waals surface area contributed by atoms with Gasteiger partial charge in [-0.2, -0.15) is 0 Å². The molecule has 6 rings (SSSR count). The molecule has 2 nitrogen and oxygen atoms in total. The standard InChI is InChI=1S/C25H20N2S3/c1-13-9-16-18(29-13)5-6-19-20(16)21-22(26-12-27-24(21)30-19)15-10-14-7-8-28-23(14)17(11-15)25(2,3)4/h5-12H,1-4H3. The van der Waals surface area contributed by atoms with Crippen molar-refractivity contribution in [3.05, 3.63) is 58.5 Å². The van der Waals surface area contributed by atoms with Crippen LogP contribution in [0.1, 0.15) is 31.2 Å². The number of rotatable bonds is 1. The molecule has 0 fully saturated rings. The van der Waals surface area contributed by atoms with Gasteiger partial charge >= 0.3 is 0 Å². The normalized spacial score (nSPS) is 12.7. The maximum absolute atomic E-state index is 4.83. The molecule has 0 aliphatic heterocycles. The molecule has 0 saturated heterocycles. The molecule has 4 aromatic heterocycles. The second-order valence-electron chi connectivity index (χ2n) is 8.82. The fourth-order valence-electron chi connectivity index (χ4n) is 4.33. The van der Waals surface area contributed by atoms with E-state index < -0.39 is 0 Å². The van der Waals surface area contributed by atoms with Crippen LogP contribution in [0.4, 0.5) is 0 Å². The highest BCUT2D eigenvalue weighted by atomic mass is 32.1. The quantitative estimate of drug-likeness (QED) is 0.254. The van der Waals surface area contributed by atoms with Crippen molar-refractivity contribution < 1.29 is 0 Å². The average molecular weight is 445 g/mol. The zero-order valence-electron chi connectivity index (χ0n) is 17.2. The lowest BCUT2D eigenvalue weighted by molar-refractivity contribution is 0.597. The summed E-state index contributed by atoms with van der Waals surface area (Å²) in [7, 11) is 0. The van der Waals surface area contributed by atoms with E-state index in [1.807, 2.05) is 22.7 Å². The molecule has 4 heterocycles. The maximum Gasteiger partial charge on any atom is 0.128 e. The minimum Gasteiger partial charge on any atom is -0.236 e. The third kappa shape index (κ3) is 2.66. The molecule has 0 radical (unpaired) electrons. The highest BCUT2D eigenvalue weighted by Crippen LogP contribution is 2.44. The van der Waals surface area contributed by atoms with Gasteiger partial charge in [-0.25, -0.2) is 9.97 Å². The number of benzene rings is 2. The van der Waals surface area contributed by atoms with Crippen LogP contribution in [0.5, 0.6) is 0 Å². The van der Waals surface area contributed by atoms with Crippen LogP contribution in [0.15, 0.2) is 48.1 Å². The van der Waals surface area contributed by atoms with Crippen molar-refractivity contribution in [1.82, 2.24) is 9.97 Å². The largest absolute Gasteiger partial charge is 0.236 e. The predicted molar refractivity (Wildman–Crippen MR) is 135 cm³/mol. The summed E-state index contributed by atoms with van der Waals surface area (Å²) in [6, 6.07) is 13.7. The third-order valence-electron chi connectivity index (χ3n) is 5.69. The van der Waals surface area contributed by atoms with Crippen molar-refractivity contribution in [2.75, 3.05) is 0 Å². The first kappa shape index (κ1) is 18.4. The van der Waals surface area contributed by atoms with Gasteiger partial charge in [0, 0.05) is 40.7 Å². The summed E-state index contributed by atoms with van der Waals surface area (Å²) in [6.07, 6.45) is 1.72. The zero-order chi connectivity index (χ0) is 20.6. The Hall–Kier alpha value is -2.34. The highest BCUT2D eigenvalue weighted by molar-refractivity contribution is 7.26. The Balaban J connectivity index is 1.76. The van der Waals surface area contributed by atoms with Crippen molar-refractivity contribution in [3.63, 3.8) is 0 Å². The van der Waals surface area contributed by atoms with E-state index in [-0.39, 0.29) is 5.41 Å². The second-order valence-corrected chi connectivity index (χ2v) is 12.1. The molecule has 148 valence electrons. The molecule has 0 saturated carbocycles. The molecule has 0 amide bonds. The van der Waals surface area contributed by atoms with Crippen molar-refractivity contribution in [2.45, 2.75) is 33.1 Å². The Bertz CT molecular complexity index is 1590. The smallest absolute Gasteiger partial charge is 0.128 e. The van der Waals surface area contributed by atoms with Crippen molar-refractivity contribution in [3.8, 4) is 11.3 Å². The predicted octanol–water partition coefficient (Wildman–Crippen LogP) is 8.55. The number of aryl methyl sites for hydroxylation is 1. The summed E-state index contributed by atoms with van der Waals surface area (Å²) in [5, 5.41) is 7.30. The van der Waals surface area contributed by atoms with Gasteiger partial charge in [-0.05, 0) is 65.1 Å². The number of nitrogens with zero attached hydrogens (tertiary/aromatic N) is 2. The fraction of sp³-hybridized carbons (Fsp3) is 0.200. The number of hydrogen-bond acceptors (Lipinski definition) is 5. The molecular formula is C25H20N2S3. The van der Waals surface area contributed by atoms with E-state index in [0.29, 0.717) is 0 Å². The maximum atomic E-state index is 4.83. The van der Waals surface area contributed by atoms with Gasteiger partial charge in [0.25, 0.3) is 0 Å². The minimum absolute atomic E-state index is 0.0692. The van der Waals surface area contributed by atoms with Gasteiger partial charge in [-0.15, -0.1) is 34.0 Å². The Morgan fingerprint density at radius 2 is 1.70 bits per heavy atom. The molecule has 0 spiro atoms. The number of hydrogen-bond donors (Lipinski definition) is 0. The van der Waals surface area contributed by atoms with Crippen LogP contribution in [0.25, 0.3) is 51.7 Å². The lowest BCUT2D eigenvalue weighted by Crippen LogP contribution is -2.11. The third-order valence-corrected chi connectivity index (χ3v) is 8.73. The summed E-state index contributed by atoms with van der Waals surface area (Å²) in [6.45, 7) is 9.05. The Labute approximate surface area is 186 Å².